The molecule has 126 valence electrons. The Balaban J connectivity index is 0.00000441. The summed E-state index contributed by atoms with van der Waals surface area (Å²) in [5.41, 5.74) is 0.735. The second kappa shape index (κ2) is 13.1. The van der Waals surface area contributed by atoms with Gasteiger partial charge in [-0.1, -0.05) is 22.0 Å². The molecule has 1 aromatic carbocycles. The lowest BCUT2D eigenvalue weighted by Crippen LogP contribution is -2.39. The first-order valence-corrected chi connectivity index (χ1v) is 7.92. The Kier molecular flexibility index (Phi) is 12.8. The lowest BCUT2D eigenvalue weighted by Gasteiger charge is -2.12. The Bertz CT molecular complexity index is 460. The molecular weight excluding hydrogens is 464 g/mol. The molecule has 0 amide bonds. The average molecular weight is 488 g/mol. The van der Waals surface area contributed by atoms with Crippen LogP contribution in [0.1, 0.15) is 18.9 Å². The van der Waals surface area contributed by atoms with Gasteiger partial charge in [0.15, 0.2) is 5.96 Å². The maximum Gasteiger partial charge on any atom is 0.191 e. The number of nitrogens with zero attached hydrogens (tertiary/aromatic N) is 1. The Morgan fingerprint density at radius 2 is 2.05 bits per heavy atom. The van der Waals surface area contributed by atoms with Crippen LogP contribution >= 0.6 is 39.9 Å². The van der Waals surface area contributed by atoms with E-state index in [1.807, 2.05) is 19.1 Å². The number of nitrogens with one attached hydrogen (secondary N) is 2. The number of rotatable bonds is 8. The zero-order chi connectivity index (χ0) is 15.5. The van der Waals surface area contributed by atoms with Crippen molar-refractivity contribution in [3.63, 3.8) is 0 Å². The van der Waals surface area contributed by atoms with Gasteiger partial charge < -0.3 is 15.4 Å². The number of ether oxygens (including phenoxy) is 1. The Labute approximate surface area is 157 Å². The van der Waals surface area contributed by atoms with Gasteiger partial charge in [0.25, 0.3) is 0 Å². The van der Waals surface area contributed by atoms with E-state index in [2.05, 4.69) is 31.6 Å². The zero-order valence-electron chi connectivity index (χ0n) is 13.0. The first kappa shape index (κ1) is 21.6. The molecule has 0 aliphatic heterocycles. The van der Waals surface area contributed by atoms with Crippen molar-refractivity contribution in [3.8, 4) is 0 Å². The first-order chi connectivity index (χ1) is 10.2. The molecule has 7 heteroatoms. The van der Waals surface area contributed by atoms with E-state index in [9.17, 15) is 4.39 Å². The van der Waals surface area contributed by atoms with Gasteiger partial charge in [0.1, 0.15) is 5.82 Å². The zero-order valence-corrected chi connectivity index (χ0v) is 16.9. The van der Waals surface area contributed by atoms with Crippen molar-refractivity contribution >= 4 is 45.9 Å². The minimum atomic E-state index is -0.163. The van der Waals surface area contributed by atoms with Crippen LogP contribution in [0.15, 0.2) is 27.7 Å². The predicted molar refractivity (Wildman–Crippen MR) is 104 cm³/mol. The number of aliphatic imine (C=N–C) groups is 1. The molecule has 0 radical (unpaired) electrons. The highest BCUT2D eigenvalue weighted by molar-refractivity contribution is 14.0. The highest BCUT2D eigenvalue weighted by Gasteiger charge is 2.03. The molecule has 0 bridgehead atoms. The van der Waals surface area contributed by atoms with Crippen LogP contribution in [-0.2, 0) is 11.2 Å². The van der Waals surface area contributed by atoms with Crippen molar-refractivity contribution in [1.82, 2.24) is 10.6 Å². The molecule has 1 rings (SSSR count). The lowest BCUT2D eigenvalue weighted by molar-refractivity contribution is 0.152. The van der Waals surface area contributed by atoms with Crippen LogP contribution in [0.2, 0.25) is 0 Å². The fourth-order valence-corrected chi connectivity index (χ4v) is 2.15. The second-order valence-corrected chi connectivity index (χ2v) is 5.38. The molecule has 0 unspecified atom stereocenters. The Hall–Kier alpha value is -0.410. The number of hydrogen-bond acceptors (Lipinski definition) is 2. The van der Waals surface area contributed by atoms with E-state index in [1.165, 1.54) is 6.07 Å². The fourth-order valence-electron chi connectivity index (χ4n) is 1.82. The molecule has 0 aliphatic carbocycles. The molecule has 1 aromatic rings. The normalized spacial score (nSPS) is 11.0. The minimum Gasteiger partial charge on any atom is -0.380 e. The van der Waals surface area contributed by atoms with Gasteiger partial charge in [-0.2, -0.15) is 0 Å². The van der Waals surface area contributed by atoms with Crippen LogP contribution in [0, 0.1) is 5.82 Å². The number of halogens is 3. The molecule has 22 heavy (non-hydrogen) atoms. The molecule has 0 spiro atoms. The summed E-state index contributed by atoms with van der Waals surface area (Å²) in [6.45, 7) is 4.79. The summed E-state index contributed by atoms with van der Waals surface area (Å²) in [5.74, 6) is 0.578. The molecule has 0 atom stereocenters. The molecule has 0 saturated heterocycles. The topological polar surface area (TPSA) is 45.6 Å². The summed E-state index contributed by atoms with van der Waals surface area (Å²) in [4.78, 5) is 4.12. The van der Waals surface area contributed by atoms with Crippen LogP contribution in [0.3, 0.4) is 0 Å². The predicted octanol–water partition coefficient (Wildman–Crippen LogP) is 3.34. The average Bonchev–Trinajstić information content (AvgIpc) is 2.47. The largest absolute Gasteiger partial charge is 0.380 e. The fraction of sp³-hybridized carbons (Fsp3) is 0.533. The highest BCUT2D eigenvalue weighted by atomic mass is 127. The van der Waals surface area contributed by atoms with Crippen LogP contribution in [0.25, 0.3) is 0 Å². The van der Waals surface area contributed by atoms with E-state index < -0.39 is 0 Å². The van der Waals surface area contributed by atoms with Crippen molar-refractivity contribution in [2.24, 2.45) is 4.99 Å². The minimum absolute atomic E-state index is 0. The molecule has 0 fully saturated rings. The van der Waals surface area contributed by atoms with Gasteiger partial charge in [-0.25, -0.2) is 4.39 Å². The first-order valence-electron chi connectivity index (χ1n) is 7.13. The van der Waals surface area contributed by atoms with E-state index in [-0.39, 0.29) is 29.8 Å². The van der Waals surface area contributed by atoms with Gasteiger partial charge in [0.05, 0.1) is 6.61 Å². The van der Waals surface area contributed by atoms with Crippen LogP contribution in [0.4, 0.5) is 4.39 Å². The van der Waals surface area contributed by atoms with E-state index in [4.69, 9.17) is 4.74 Å². The summed E-state index contributed by atoms with van der Waals surface area (Å²) in [6.07, 6.45) is 1.53. The molecule has 2 N–H and O–H groups in total. The second-order valence-electron chi connectivity index (χ2n) is 4.46. The standard InChI is InChI=1S/C15H23BrFN3O.HI/c1-3-21-10-9-20-15(18-2)19-8-4-5-12-6-7-13(16)11-14(12)17;/h6-7,11H,3-5,8-10H2,1-2H3,(H2,18,19,20);1H. The van der Waals surface area contributed by atoms with Crippen molar-refractivity contribution in [1.29, 1.82) is 0 Å². The van der Waals surface area contributed by atoms with Crippen molar-refractivity contribution in [2.45, 2.75) is 19.8 Å². The Morgan fingerprint density at radius 1 is 1.32 bits per heavy atom. The van der Waals surface area contributed by atoms with Crippen molar-refractivity contribution in [3.05, 3.63) is 34.1 Å². The Morgan fingerprint density at radius 3 is 2.68 bits per heavy atom. The van der Waals surface area contributed by atoms with Crippen LogP contribution < -0.4 is 10.6 Å². The van der Waals surface area contributed by atoms with E-state index in [0.717, 1.165) is 35.5 Å². The van der Waals surface area contributed by atoms with Gasteiger partial charge in [0.2, 0.25) is 0 Å². The van der Waals surface area contributed by atoms with E-state index in [1.54, 1.807) is 7.05 Å². The lowest BCUT2D eigenvalue weighted by atomic mass is 10.1. The van der Waals surface area contributed by atoms with Gasteiger partial charge >= 0.3 is 0 Å². The third-order valence-electron chi connectivity index (χ3n) is 2.90. The molecule has 0 heterocycles. The number of guanidine groups is 1. The summed E-state index contributed by atoms with van der Waals surface area (Å²) in [5, 5.41) is 6.35. The molecule has 0 aliphatic rings. The van der Waals surface area contributed by atoms with Gasteiger partial charge in [-0.05, 0) is 37.5 Å². The van der Waals surface area contributed by atoms with Crippen molar-refractivity contribution < 1.29 is 9.13 Å². The highest BCUT2D eigenvalue weighted by Crippen LogP contribution is 2.16. The molecular formula is C15H24BrFIN3O. The van der Waals surface area contributed by atoms with Crippen LogP contribution in [0.5, 0.6) is 0 Å². The van der Waals surface area contributed by atoms with Gasteiger partial charge in [-0.3, -0.25) is 4.99 Å². The third kappa shape index (κ3) is 8.89. The smallest absolute Gasteiger partial charge is 0.191 e. The quantitative estimate of drug-likeness (QED) is 0.256. The monoisotopic (exact) mass is 487 g/mol. The maximum absolute atomic E-state index is 13.6. The number of benzene rings is 1. The van der Waals surface area contributed by atoms with E-state index in [0.29, 0.717) is 19.6 Å². The molecule has 4 nitrogen and oxygen atoms in total. The van der Waals surface area contributed by atoms with Crippen LogP contribution in [-0.4, -0.2) is 39.3 Å². The molecule has 0 aromatic heterocycles. The summed E-state index contributed by atoms with van der Waals surface area (Å²) >= 11 is 3.26. The van der Waals surface area contributed by atoms with Crippen molar-refractivity contribution in [2.75, 3.05) is 33.4 Å². The maximum atomic E-state index is 13.6. The summed E-state index contributed by atoms with van der Waals surface area (Å²) < 4.78 is 19.6. The number of aryl methyl sites for hydroxylation is 1. The number of hydrogen-bond donors (Lipinski definition) is 2. The van der Waals surface area contributed by atoms with E-state index >= 15 is 0 Å². The molecule has 0 saturated carbocycles. The van der Waals surface area contributed by atoms with Gasteiger partial charge in [0, 0.05) is 31.2 Å². The third-order valence-corrected chi connectivity index (χ3v) is 3.39. The summed E-state index contributed by atoms with van der Waals surface area (Å²) in [7, 11) is 1.73. The summed E-state index contributed by atoms with van der Waals surface area (Å²) in [6, 6.07) is 5.17. The van der Waals surface area contributed by atoms with Gasteiger partial charge in [-0.15, -0.1) is 24.0 Å². The SMILES string of the molecule is CCOCCNC(=NC)NCCCc1ccc(Br)cc1F.I.